The zero-order valence-electron chi connectivity index (χ0n) is 14.3. The van der Waals surface area contributed by atoms with Crippen molar-refractivity contribution in [3.63, 3.8) is 0 Å². The summed E-state index contributed by atoms with van der Waals surface area (Å²) in [5.74, 6) is 0.471. The van der Waals surface area contributed by atoms with Crippen LogP contribution >= 0.6 is 0 Å². The summed E-state index contributed by atoms with van der Waals surface area (Å²) in [6.07, 6.45) is 6.32. The van der Waals surface area contributed by atoms with Crippen molar-refractivity contribution in [3.8, 4) is 5.75 Å². The average Bonchev–Trinajstić information content (AvgIpc) is 2.83. The Bertz CT molecular complexity index is 482. The van der Waals surface area contributed by atoms with Gasteiger partial charge in [0.1, 0.15) is 5.75 Å². The Morgan fingerprint density at radius 2 is 1.87 bits per heavy atom. The zero-order valence-corrected chi connectivity index (χ0v) is 14.3. The average molecular weight is 318 g/mol. The number of hydrogen-bond donors (Lipinski definition) is 1. The number of phenols is 1. The number of nitrogens with zero attached hydrogens (tertiary/aromatic N) is 2. The Hall–Kier alpha value is -1.55. The van der Waals surface area contributed by atoms with Gasteiger partial charge in [0.2, 0.25) is 5.91 Å². The molecule has 4 heteroatoms. The van der Waals surface area contributed by atoms with Crippen LogP contribution in [0.15, 0.2) is 24.3 Å². The zero-order chi connectivity index (χ0) is 16.5. The van der Waals surface area contributed by atoms with Crippen molar-refractivity contribution in [2.75, 3.05) is 32.7 Å². The minimum atomic E-state index is 0.186. The molecule has 1 fully saturated rings. The van der Waals surface area contributed by atoms with E-state index in [1.54, 1.807) is 12.1 Å². The molecule has 1 aliphatic heterocycles. The lowest BCUT2D eigenvalue weighted by Gasteiger charge is -2.26. The maximum Gasteiger partial charge on any atom is 0.222 e. The van der Waals surface area contributed by atoms with E-state index < -0.39 is 0 Å². The first-order valence-electron chi connectivity index (χ1n) is 8.97. The van der Waals surface area contributed by atoms with Crippen LogP contribution < -0.4 is 0 Å². The number of hydrogen-bond acceptors (Lipinski definition) is 3. The molecule has 23 heavy (non-hydrogen) atoms. The highest BCUT2D eigenvalue weighted by molar-refractivity contribution is 5.76. The fourth-order valence-electron chi connectivity index (χ4n) is 3.20. The summed E-state index contributed by atoms with van der Waals surface area (Å²) < 4.78 is 0. The van der Waals surface area contributed by atoms with E-state index in [1.165, 1.54) is 38.8 Å². The molecule has 0 aromatic heterocycles. The van der Waals surface area contributed by atoms with E-state index in [9.17, 15) is 9.90 Å². The molecule has 1 N–H and O–H groups in total. The summed E-state index contributed by atoms with van der Waals surface area (Å²) >= 11 is 0. The van der Waals surface area contributed by atoms with Crippen LogP contribution in [-0.4, -0.2) is 53.5 Å². The minimum Gasteiger partial charge on any atom is -0.508 e. The lowest BCUT2D eigenvalue weighted by Crippen LogP contribution is -2.39. The summed E-state index contributed by atoms with van der Waals surface area (Å²) in [4.78, 5) is 16.9. The standard InChI is InChI=1S/C19H30N2O2/c1-2-21(16-15-20-13-7-3-4-8-14-20)19(23)12-11-17-9-5-6-10-18(17)22/h5-6,9-10,22H,2-4,7-8,11-16H2,1H3. The van der Waals surface area contributed by atoms with Gasteiger partial charge in [0.05, 0.1) is 0 Å². The topological polar surface area (TPSA) is 43.8 Å². The lowest BCUT2D eigenvalue weighted by atomic mass is 10.1. The number of carbonyl (C=O) groups excluding carboxylic acids is 1. The molecule has 0 spiro atoms. The SMILES string of the molecule is CCN(CCN1CCCCCC1)C(=O)CCc1ccccc1O. The van der Waals surface area contributed by atoms with Gasteiger partial charge in [-0.1, -0.05) is 31.0 Å². The molecule has 0 radical (unpaired) electrons. The van der Waals surface area contributed by atoms with Crippen molar-refractivity contribution < 1.29 is 9.90 Å². The van der Waals surface area contributed by atoms with Crippen molar-refractivity contribution in [2.45, 2.75) is 45.4 Å². The second-order valence-electron chi connectivity index (χ2n) is 6.36. The van der Waals surface area contributed by atoms with Gasteiger partial charge in [0.25, 0.3) is 0 Å². The summed E-state index contributed by atoms with van der Waals surface area (Å²) in [5.41, 5.74) is 0.851. The Balaban J connectivity index is 1.77. The highest BCUT2D eigenvalue weighted by Gasteiger charge is 2.15. The van der Waals surface area contributed by atoms with Gasteiger partial charge in [-0.05, 0) is 50.9 Å². The van der Waals surface area contributed by atoms with Crippen molar-refractivity contribution in [2.24, 2.45) is 0 Å². The molecule has 0 bridgehead atoms. The van der Waals surface area contributed by atoms with Crippen LogP contribution in [-0.2, 0) is 11.2 Å². The largest absolute Gasteiger partial charge is 0.508 e. The second-order valence-corrected chi connectivity index (χ2v) is 6.36. The molecule has 1 aromatic carbocycles. The number of para-hydroxylation sites is 1. The quantitative estimate of drug-likeness (QED) is 0.840. The predicted molar refractivity (Wildman–Crippen MR) is 93.6 cm³/mol. The van der Waals surface area contributed by atoms with Crippen molar-refractivity contribution in [1.29, 1.82) is 0 Å². The van der Waals surface area contributed by atoms with Crippen LogP contribution in [0.25, 0.3) is 0 Å². The first-order chi connectivity index (χ1) is 11.2. The summed E-state index contributed by atoms with van der Waals surface area (Å²) in [6, 6.07) is 7.27. The van der Waals surface area contributed by atoms with E-state index in [1.807, 2.05) is 24.0 Å². The number of likely N-dealkylation sites (tertiary alicyclic amines) is 1. The van der Waals surface area contributed by atoms with E-state index in [-0.39, 0.29) is 11.7 Å². The minimum absolute atomic E-state index is 0.186. The van der Waals surface area contributed by atoms with Crippen molar-refractivity contribution in [1.82, 2.24) is 9.80 Å². The molecule has 0 aliphatic carbocycles. The lowest BCUT2D eigenvalue weighted by molar-refractivity contribution is -0.131. The number of aromatic hydroxyl groups is 1. The molecule has 1 saturated heterocycles. The van der Waals surface area contributed by atoms with E-state index in [0.717, 1.165) is 25.2 Å². The van der Waals surface area contributed by atoms with Crippen LogP contribution in [0.5, 0.6) is 5.75 Å². The number of aryl methyl sites for hydroxylation is 1. The number of benzene rings is 1. The number of amides is 1. The van der Waals surface area contributed by atoms with Crippen molar-refractivity contribution in [3.05, 3.63) is 29.8 Å². The highest BCUT2D eigenvalue weighted by Crippen LogP contribution is 2.17. The maximum absolute atomic E-state index is 12.4. The normalized spacial score (nSPS) is 16.0. The molecule has 1 aliphatic rings. The van der Waals surface area contributed by atoms with Gasteiger partial charge in [0.15, 0.2) is 0 Å². The molecule has 4 nitrogen and oxygen atoms in total. The fraction of sp³-hybridized carbons (Fsp3) is 0.632. The molecular formula is C19H30N2O2. The second kappa shape index (κ2) is 9.56. The monoisotopic (exact) mass is 318 g/mol. The van der Waals surface area contributed by atoms with Crippen molar-refractivity contribution >= 4 is 5.91 Å². The van der Waals surface area contributed by atoms with E-state index >= 15 is 0 Å². The molecular weight excluding hydrogens is 288 g/mol. The first kappa shape index (κ1) is 17.8. The first-order valence-corrected chi connectivity index (χ1v) is 8.97. The summed E-state index contributed by atoms with van der Waals surface area (Å²) in [5, 5.41) is 9.79. The fourth-order valence-corrected chi connectivity index (χ4v) is 3.20. The Morgan fingerprint density at radius 3 is 2.52 bits per heavy atom. The van der Waals surface area contributed by atoms with Crippen LogP contribution in [0.2, 0.25) is 0 Å². The summed E-state index contributed by atoms with van der Waals surface area (Å²) in [6.45, 7) is 6.94. The van der Waals surface area contributed by atoms with Gasteiger partial charge in [-0.3, -0.25) is 4.79 Å². The number of likely N-dealkylation sites (N-methyl/N-ethyl adjacent to an activating group) is 1. The van der Waals surface area contributed by atoms with Gasteiger partial charge >= 0.3 is 0 Å². The number of phenolic OH excluding ortho intramolecular Hbond substituents is 1. The molecule has 0 atom stereocenters. The van der Waals surface area contributed by atoms with Gasteiger partial charge < -0.3 is 14.9 Å². The van der Waals surface area contributed by atoms with E-state index in [4.69, 9.17) is 0 Å². The third-order valence-corrected chi connectivity index (χ3v) is 4.72. The highest BCUT2D eigenvalue weighted by atomic mass is 16.3. The van der Waals surface area contributed by atoms with Gasteiger partial charge in [-0.25, -0.2) is 0 Å². The van der Waals surface area contributed by atoms with Gasteiger partial charge in [-0.15, -0.1) is 0 Å². The van der Waals surface area contributed by atoms with E-state index in [2.05, 4.69) is 4.90 Å². The Morgan fingerprint density at radius 1 is 1.17 bits per heavy atom. The Labute approximate surface area is 140 Å². The van der Waals surface area contributed by atoms with Crippen LogP contribution in [0.1, 0.15) is 44.6 Å². The van der Waals surface area contributed by atoms with E-state index in [0.29, 0.717) is 12.8 Å². The van der Waals surface area contributed by atoms with Crippen LogP contribution in [0, 0.1) is 0 Å². The van der Waals surface area contributed by atoms with Gasteiger partial charge in [-0.2, -0.15) is 0 Å². The molecule has 1 heterocycles. The molecule has 1 amide bonds. The van der Waals surface area contributed by atoms with Crippen LogP contribution in [0.3, 0.4) is 0 Å². The van der Waals surface area contributed by atoms with Crippen LogP contribution in [0.4, 0.5) is 0 Å². The Kier molecular flexibility index (Phi) is 7.40. The molecule has 1 aromatic rings. The third-order valence-electron chi connectivity index (χ3n) is 4.72. The molecule has 2 rings (SSSR count). The smallest absolute Gasteiger partial charge is 0.222 e. The molecule has 128 valence electrons. The summed E-state index contributed by atoms with van der Waals surface area (Å²) in [7, 11) is 0. The molecule has 0 unspecified atom stereocenters. The maximum atomic E-state index is 12.4. The number of carbonyl (C=O) groups is 1. The third kappa shape index (κ3) is 5.87. The predicted octanol–water partition coefficient (Wildman–Crippen LogP) is 3.05. The molecule has 0 saturated carbocycles. The van der Waals surface area contributed by atoms with Gasteiger partial charge in [0, 0.05) is 26.1 Å². The number of rotatable bonds is 7.